The number of esters is 1. The van der Waals surface area contributed by atoms with Crippen molar-refractivity contribution in [1.29, 1.82) is 0 Å². The van der Waals surface area contributed by atoms with Gasteiger partial charge in [0, 0.05) is 4.47 Å². The maximum absolute atomic E-state index is 12.2. The summed E-state index contributed by atoms with van der Waals surface area (Å²) in [5, 5.41) is 0. The van der Waals surface area contributed by atoms with Crippen LogP contribution in [0.2, 0.25) is 0 Å². The van der Waals surface area contributed by atoms with Crippen LogP contribution in [0.5, 0.6) is 5.75 Å². The molecule has 0 aliphatic carbocycles. The van der Waals surface area contributed by atoms with Gasteiger partial charge >= 0.3 is 5.97 Å². The molecule has 2 aromatic carbocycles. The van der Waals surface area contributed by atoms with E-state index in [2.05, 4.69) is 72.7 Å². The van der Waals surface area contributed by atoms with Crippen LogP contribution in [0.1, 0.15) is 11.1 Å². The first-order chi connectivity index (χ1) is 12.5. The highest BCUT2D eigenvalue weighted by atomic mass is 127. The molecule has 0 aromatic heterocycles. The largest absolute Gasteiger partial charge is 0.487 e. The van der Waals surface area contributed by atoms with E-state index in [1.54, 1.807) is 12.2 Å². The van der Waals surface area contributed by atoms with Crippen LogP contribution in [0.15, 0.2) is 64.2 Å². The van der Waals surface area contributed by atoms with Crippen LogP contribution in [-0.4, -0.2) is 18.5 Å². The molecule has 4 nitrogen and oxygen atoms in total. The Labute approximate surface area is 186 Å². The van der Waals surface area contributed by atoms with Gasteiger partial charge in [0.2, 0.25) is 5.90 Å². The molecule has 132 valence electrons. The van der Waals surface area contributed by atoms with Crippen molar-refractivity contribution in [1.82, 2.24) is 0 Å². The molecule has 0 fully saturated rings. The lowest BCUT2D eigenvalue weighted by Gasteiger charge is -2.09. The molecule has 7 heteroatoms. The zero-order chi connectivity index (χ0) is 18.7. The highest BCUT2D eigenvalue weighted by molar-refractivity contribution is 14.1. The number of carbonyl (C=O) groups is 1. The van der Waals surface area contributed by atoms with Crippen molar-refractivity contribution in [3.8, 4) is 5.75 Å². The lowest BCUT2D eigenvalue weighted by molar-refractivity contribution is -0.129. The number of nitrogens with zero attached hydrogens (tertiary/aromatic N) is 1. The van der Waals surface area contributed by atoms with Gasteiger partial charge in [0.15, 0.2) is 5.70 Å². The molecule has 26 heavy (non-hydrogen) atoms. The average Bonchev–Trinajstić information content (AvgIpc) is 2.95. The van der Waals surface area contributed by atoms with Gasteiger partial charge in [-0.25, -0.2) is 9.79 Å². The van der Waals surface area contributed by atoms with Crippen molar-refractivity contribution >= 4 is 79.1 Å². The molecular weight excluding hydrogens is 624 g/mol. The Morgan fingerprint density at radius 2 is 1.92 bits per heavy atom. The van der Waals surface area contributed by atoms with Crippen molar-refractivity contribution in [2.24, 2.45) is 4.99 Å². The molecule has 0 bridgehead atoms. The third-order valence-corrected chi connectivity index (χ3v) is 5.69. The summed E-state index contributed by atoms with van der Waals surface area (Å²) in [6, 6.07) is 11.4. The standard InChI is InChI=1S/C19H12BrI2NO3/c1-2-7-25-17-14(21)8-11(9-15(17)22)10-16-19(24)26-18(23-16)12-5-3-4-6-13(12)20/h2-6,8-10H,1,7H2/b16-10-. The molecule has 0 atom stereocenters. The Hall–Kier alpha value is -1.20. The summed E-state index contributed by atoms with van der Waals surface area (Å²) >= 11 is 7.86. The van der Waals surface area contributed by atoms with Gasteiger partial charge in [-0.15, -0.1) is 0 Å². The van der Waals surface area contributed by atoms with Crippen LogP contribution in [0.25, 0.3) is 6.08 Å². The van der Waals surface area contributed by atoms with E-state index in [1.807, 2.05) is 36.4 Å². The Kier molecular flexibility index (Phi) is 6.51. The number of benzene rings is 2. The van der Waals surface area contributed by atoms with Crippen LogP contribution in [0, 0.1) is 7.14 Å². The molecule has 0 amide bonds. The molecule has 1 aliphatic rings. The average molecular weight is 636 g/mol. The summed E-state index contributed by atoms with van der Waals surface area (Å²) < 4.78 is 13.7. The van der Waals surface area contributed by atoms with E-state index in [-0.39, 0.29) is 5.70 Å². The SMILES string of the molecule is C=CCOc1c(I)cc(/C=C2\N=C(c3ccccc3Br)OC2=O)cc1I. The van der Waals surface area contributed by atoms with E-state index in [4.69, 9.17) is 9.47 Å². The van der Waals surface area contributed by atoms with Crippen LogP contribution in [-0.2, 0) is 9.53 Å². The maximum Gasteiger partial charge on any atom is 0.363 e. The van der Waals surface area contributed by atoms with Crippen molar-refractivity contribution in [2.75, 3.05) is 6.61 Å². The third-order valence-electron chi connectivity index (χ3n) is 3.39. The van der Waals surface area contributed by atoms with Gasteiger partial charge < -0.3 is 9.47 Å². The number of aliphatic imine (C=N–C) groups is 1. The van der Waals surface area contributed by atoms with Gasteiger partial charge in [-0.3, -0.25) is 0 Å². The molecular formula is C19H12BrI2NO3. The number of cyclic esters (lactones) is 1. The zero-order valence-corrected chi connectivity index (χ0v) is 19.2. The molecule has 0 saturated carbocycles. The second-order valence-electron chi connectivity index (χ2n) is 5.23. The lowest BCUT2D eigenvalue weighted by Crippen LogP contribution is -2.05. The quantitative estimate of drug-likeness (QED) is 0.187. The Bertz CT molecular complexity index is 931. The first-order valence-corrected chi connectivity index (χ1v) is 10.4. The zero-order valence-electron chi connectivity index (χ0n) is 13.3. The molecule has 3 rings (SSSR count). The van der Waals surface area contributed by atoms with Crippen molar-refractivity contribution in [3.05, 3.63) is 77.5 Å². The normalized spacial score (nSPS) is 15.0. The van der Waals surface area contributed by atoms with Crippen molar-refractivity contribution in [3.63, 3.8) is 0 Å². The number of carbonyl (C=O) groups excluding carboxylic acids is 1. The molecule has 0 N–H and O–H groups in total. The first kappa shape index (κ1) is 19.6. The minimum Gasteiger partial charge on any atom is -0.487 e. The Morgan fingerprint density at radius 1 is 1.23 bits per heavy atom. The lowest BCUT2D eigenvalue weighted by atomic mass is 10.2. The van der Waals surface area contributed by atoms with Gasteiger partial charge in [-0.1, -0.05) is 24.8 Å². The molecule has 0 saturated heterocycles. The van der Waals surface area contributed by atoms with E-state index in [0.717, 1.165) is 28.5 Å². The number of halogens is 3. The fourth-order valence-electron chi connectivity index (χ4n) is 2.26. The van der Waals surface area contributed by atoms with Gasteiger partial charge in [0.25, 0.3) is 0 Å². The highest BCUT2D eigenvalue weighted by Gasteiger charge is 2.25. The smallest absolute Gasteiger partial charge is 0.363 e. The molecule has 0 unspecified atom stereocenters. The number of rotatable bonds is 5. The maximum atomic E-state index is 12.2. The fourth-order valence-corrected chi connectivity index (χ4v) is 4.84. The van der Waals surface area contributed by atoms with E-state index >= 15 is 0 Å². The van der Waals surface area contributed by atoms with Crippen molar-refractivity contribution < 1.29 is 14.3 Å². The molecule has 1 aliphatic heterocycles. The van der Waals surface area contributed by atoms with Crippen LogP contribution in [0.3, 0.4) is 0 Å². The topological polar surface area (TPSA) is 47.9 Å². The molecule has 1 heterocycles. The summed E-state index contributed by atoms with van der Waals surface area (Å²) in [6.45, 7) is 4.10. The summed E-state index contributed by atoms with van der Waals surface area (Å²) in [5.74, 6) is 0.636. The first-order valence-electron chi connectivity index (χ1n) is 7.50. The predicted octanol–water partition coefficient (Wildman–Crippen LogP) is 5.57. The summed E-state index contributed by atoms with van der Waals surface area (Å²) in [4.78, 5) is 16.5. The third kappa shape index (κ3) is 4.37. The minimum absolute atomic E-state index is 0.266. The second-order valence-corrected chi connectivity index (χ2v) is 8.41. The molecule has 0 radical (unpaired) electrons. The summed E-state index contributed by atoms with van der Waals surface area (Å²) in [5.41, 5.74) is 1.86. The van der Waals surface area contributed by atoms with Gasteiger partial charge in [0.05, 0.1) is 12.7 Å². The van der Waals surface area contributed by atoms with Gasteiger partial charge in [-0.2, -0.15) is 0 Å². The fraction of sp³-hybridized carbons (Fsp3) is 0.0526. The van der Waals surface area contributed by atoms with Gasteiger partial charge in [0.1, 0.15) is 12.4 Å². The number of ether oxygens (including phenoxy) is 2. The van der Waals surface area contributed by atoms with Crippen LogP contribution in [0.4, 0.5) is 0 Å². The van der Waals surface area contributed by atoms with E-state index in [9.17, 15) is 4.79 Å². The van der Waals surface area contributed by atoms with Crippen molar-refractivity contribution in [2.45, 2.75) is 0 Å². The second kappa shape index (κ2) is 8.66. The van der Waals surface area contributed by atoms with Crippen LogP contribution >= 0.6 is 61.1 Å². The monoisotopic (exact) mass is 635 g/mol. The van der Waals surface area contributed by atoms with E-state index in [0.29, 0.717) is 12.5 Å². The number of hydrogen-bond donors (Lipinski definition) is 0. The van der Waals surface area contributed by atoms with E-state index < -0.39 is 5.97 Å². The summed E-state index contributed by atoms with van der Waals surface area (Å²) in [7, 11) is 0. The Balaban J connectivity index is 1.93. The van der Waals surface area contributed by atoms with E-state index in [1.165, 1.54) is 0 Å². The number of hydrogen-bond acceptors (Lipinski definition) is 4. The Morgan fingerprint density at radius 3 is 2.58 bits per heavy atom. The van der Waals surface area contributed by atoms with Crippen LogP contribution < -0.4 is 4.74 Å². The predicted molar refractivity (Wildman–Crippen MR) is 122 cm³/mol. The minimum atomic E-state index is -0.465. The highest BCUT2D eigenvalue weighted by Crippen LogP contribution is 2.31. The molecule has 0 spiro atoms. The van der Waals surface area contributed by atoms with Gasteiger partial charge in [-0.05, 0) is 97.0 Å². The molecule has 2 aromatic rings. The summed E-state index contributed by atoms with van der Waals surface area (Å²) in [6.07, 6.45) is 3.42.